The van der Waals surface area contributed by atoms with Crippen LogP contribution in [-0.4, -0.2) is 71.7 Å². The van der Waals surface area contributed by atoms with Crippen LogP contribution in [0.25, 0.3) is 0 Å². The number of rotatable bonds is 10. The van der Waals surface area contributed by atoms with Gasteiger partial charge in [-0.25, -0.2) is 25.4 Å². The smallest absolute Gasteiger partial charge is 0.242 e. The van der Waals surface area contributed by atoms with Crippen molar-refractivity contribution in [3.8, 4) is 5.75 Å². The van der Waals surface area contributed by atoms with E-state index in [2.05, 4.69) is 5.32 Å². The maximum atomic E-state index is 12.8. The van der Waals surface area contributed by atoms with Crippen molar-refractivity contribution in [1.29, 1.82) is 0 Å². The summed E-state index contributed by atoms with van der Waals surface area (Å²) in [6.07, 6.45) is 0.948. The van der Waals surface area contributed by atoms with Crippen LogP contribution in [0.3, 0.4) is 0 Å². The van der Waals surface area contributed by atoms with Gasteiger partial charge in [-0.1, -0.05) is 29.8 Å². The summed E-state index contributed by atoms with van der Waals surface area (Å²) in [4.78, 5) is 12.7. The van der Waals surface area contributed by atoms with Gasteiger partial charge >= 0.3 is 0 Å². The third-order valence-corrected chi connectivity index (χ3v) is 9.60. The van der Waals surface area contributed by atoms with E-state index in [0.717, 1.165) is 15.4 Å². The quantitative estimate of drug-likeness (QED) is 0.477. The molecule has 2 aromatic rings. The first-order chi connectivity index (χ1) is 16.5. The van der Waals surface area contributed by atoms with E-state index in [4.69, 9.17) is 4.74 Å². The van der Waals surface area contributed by atoms with Crippen molar-refractivity contribution in [3.63, 3.8) is 0 Å². The molecule has 1 amide bonds. The summed E-state index contributed by atoms with van der Waals surface area (Å²) in [5.41, 5.74) is 1.78. The summed E-state index contributed by atoms with van der Waals surface area (Å²) in [5.74, 6) is 0.113. The van der Waals surface area contributed by atoms with Gasteiger partial charge in [-0.3, -0.25) is 4.79 Å². The van der Waals surface area contributed by atoms with Crippen LogP contribution >= 0.6 is 0 Å². The molecule has 1 fully saturated rings. The molecule has 3 rings (SSSR count). The van der Waals surface area contributed by atoms with Crippen LogP contribution in [0.2, 0.25) is 0 Å². The van der Waals surface area contributed by atoms with Gasteiger partial charge in [0.2, 0.25) is 26.0 Å². The van der Waals surface area contributed by atoms with Gasteiger partial charge in [-0.2, -0.15) is 0 Å². The molecular formula is C24H33N3O6S2. The van der Waals surface area contributed by atoms with Crippen molar-refractivity contribution in [3.05, 3.63) is 59.7 Å². The van der Waals surface area contributed by atoms with Crippen LogP contribution in [-0.2, 0) is 30.6 Å². The third-order valence-electron chi connectivity index (χ3n) is 5.92. The van der Waals surface area contributed by atoms with E-state index in [0.29, 0.717) is 38.2 Å². The van der Waals surface area contributed by atoms with Crippen molar-refractivity contribution in [2.45, 2.75) is 30.4 Å². The first kappa shape index (κ1) is 27.1. The number of ether oxygens (including phenoxy) is 1. The molecule has 0 aromatic heterocycles. The van der Waals surface area contributed by atoms with Gasteiger partial charge in [0.25, 0.3) is 0 Å². The monoisotopic (exact) mass is 523 g/mol. The molecule has 1 aliphatic rings. The molecule has 0 aliphatic carbocycles. The number of hydrogen-bond acceptors (Lipinski definition) is 6. The molecule has 2 aromatic carbocycles. The van der Waals surface area contributed by atoms with Gasteiger partial charge in [0.05, 0.1) is 17.2 Å². The molecule has 1 heterocycles. The Bertz CT molecular complexity index is 1220. The van der Waals surface area contributed by atoms with Crippen molar-refractivity contribution in [2.75, 3.05) is 40.3 Å². The molecule has 1 N–H and O–H groups in total. The predicted molar refractivity (Wildman–Crippen MR) is 134 cm³/mol. The Morgan fingerprint density at radius 3 is 2.31 bits per heavy atom. The van der Waals surface area contributed by atoms with Crippen molar-refractivity contribution in [2.24, 2.45) is 5.92 Å². The summed E-state index contributed by atoms with van der Waals surface area (Å²) in [5, 5.41) is 2.84. The Morgan fingerprint density at radius 1 is 1.06 bits per heavy atom. The number of nitrogens with one attached hydrogen (secondary N) is 1. The largest absolute Gasteiger partial charge is 0.492 e. The van der Waals surface area contributed by atoms with E-state index in [1.165, 1.54) is 30.5 Å². The fraction of sp³-hybridized carbons (Fsp3) is 0.458. The highest BCUT2D eigenvalue weighted by Gasteiger charge is 2.31. The lowest BCUT2D eigenvalue weighted by atomic mass is 9.97. The van der Waals surface area contributed by atoms with Crippen molar-refractivity contribution < 1.29 is 26.4 Å². The number of hydrogen-bond donors (Lipinski definition) is 1. The van der Waals surface area contributed by atoms with Gasteiger partial charge in [-0.05, 0) is 49.6 Å². The molecular weight excluding hydrogens is 490 g/mol. The SMILES string of the molecule is Cc1cccc(CS(=O)(=O)N2CCC(C(=O)NCCOc3ccc(S(=O)(=O)N(C)C)cc3)CC2)c1. The zero-order valence-corrected chi connectivity index (χ0v) is 21.9. The number of sulfonamides is 2. The minimum absolute atomic E-state index is 0.0368. The van der Waals surface area contributed by atoms with Gasteiger partial charge in [0.15, 0.2) is 0 Å². The first-order valence-corrected chi connectivity index (χ1v) is 14.5. The average molecular weight is 524 g/mol. The normalized spacial score (nSPS) is 15.8. The Morgan fingerprint density at radius 2 is 1.71 bits per heavy atom. The molecule has 35 heavy (non-hydrogen) atoms. The van der Waals surface area contributed by atoms with Crippen LogP contribution in [0.1, 0.15) is 24.0 Å². The summed E-state index contributed by atoms with van der Waals surface area (Å²) < 4.78 is 57.9. The Kier molecular flexibility index (Phi) is 8.92. The highest BCUT2D eigenvalue weighted by Crippen LogP contribution is 2.22. The van der Waals surface area contributed by atoms with E-state index in [1.807, 2.05) is 31.2 Å². The lowest BCUT2D eigenvalue weighted by molar-refractivity contribution is -0.126. The lowest BCUT2D eigenvalue weighted by Crippen LogP contribution is -2.43. The second kappa shape index (κ2) is 11.5. The molecule has 0 bridgehead atoms. The molecule has 0 saturated carbocycles. The van der Waals surface area contributed by atoms with Crippen LogP contribution in [0.15, 0.2) is 53.4 Å². The van der Waals surface area contributed by atoms with Crippen LogP contribution in [0.5, 0.6) is 5.75 Å². The van der Waals surface area contributed by atoms with Gasteiger partial charge < -0.3 is 10.1 Å². The summed E-state index contributed by atoms with van der Waals surface area (Å²) in [6, 6.07) is 13.6. The fourth-order valence-electron chi connectivity index (χ4n) is 3.91. The molecule has 0 unspecified atom stereocenters. The summed E-state index contributed by atoms with van der Waals surface area (Å²) in [7, 11) is -3.99. The molecule has 0 radical (unpaired) electrons. The number of carbonyl (C=O) groups is 1. The number of piperidine rings is 1. The van der Waals surface area contributed by atoms with E-state index < -0.39 is 20.0 Å². The van der Waals surface area contributed by atoms with Crippen LogP contribution in [0, 0.1) is 12.8 Å². The Hall–Kier alpha value is -2.47. The second-order valence-electron chi connectivity index (χ2n) is 8.82. The Balaban J connectivity index is 1.40. The molecule has 1 aliphatic heterocycles. The van der Waals surface area contributed by atoms with E-state index in [1.54, 1.807) is 12.1 Å². The predicted octanol–water partition coefficient (Wildman–Crippen LogP) is 1.98. The second-order valence-corrected chi connectivity index (χ2v) is 12.9. The highest BCUT2D eigenvalue weighted by atomic mass is 32.2. The minimum Gasteiger partial charge on any atom is -0.492 e. The lowest BCUT2D eigenvalue weighted by Gasteiger charge is -2.30. The van der Waals surface area contributed by atoms with Gasteiger partial charge in [-0.15, -0.1) is 0 Å². The average Bonchev–Trinajstić information content (AvgIpc) is 2.81. The fourth-order valence-corrected chi connectivity index (χ4v) is 6.36. The number of aryl methyl sites for hydroxylation is 1. The molecule has 0 spiro atoms. The Labute approximate surface area is 208 Å². The minimum atomic E-state index is -3.49. The highest BCUT2D eigenvalue weighted by molar-refractivity contribution is 7.89. The third kappa shape index (κ3) is 7.26. The van der Waals surface area contributed by atoms with Crippen molar-refractivity contribution >= 4 is 26.0 Å². The number of carbonyl (C=O) groups excluding carboxylic acids is 1. The molecule has 0 atom stereocenters. The topological polar surface area (TPSA) is 113 Å². The molecule has 11 heteroatoms. The van der Waals surface area contributed by atoms with E-state index in [9.17, 15) is 21.6 Å². The number of nitrogens with zero attached hydrogens (tertiary/aromatic N) is 2. The van der Waals surface area contributed by atoms with Gasteiger partial charge in [0.1, 0.15) is 12.4 Å². The van der Waals surface area contributed by atoms with Crippen molar-refractivity contribution in [1.82, 2.24) is 13.9 Å². The molecule has 192 valence electrons. The summed E-state index contributed by atoms with van der Waals surface area (Å²) >= 11 is 0. The maximum absolute atomic E-state index is 12.8. The van der Waals surface area contributed by atoms with Gasteiger partial charge in [0, 0.05) is 33.1 Å². The number of amides is 1. The summed E-state index contributed by atoms with van der Waals surface area (Å²) in [6.45, 7) is 3.10. The van der Waals surface area contributed by atoms with Crippen LogP contribution in [0.4, 0.5) is 0 Å². The molecule has 9 nitrogen and oxygen atoms in total. The zero-order chi connectivity index (χ0) is 25.6. The number of benzene rings is 2. The maximum Gasteiger partial charge on any atom is 0.242 e. The standard InChI is InChI=1S/C24H33N3O6S2/c1-19-5-4-6-20(17-19)18-34(29,30)27-14-11-21(12-15-27)24(28)25-13-16-33-22-7-9-23(10-8-22)35(31,32)26(2)3/h4-10,17,21H,11-16,18H2,1-3H3,(H,25,28). The molecule has 1 saturated heterocycles. The van der Waals surface area contributed by atoms with E-state index >= 15 is 0 Å². The zero-order valence-electron chi connectivity index (χ0n) is 20.3. The van der Waals surface area contributed by atoms with E-state index in [-0.39, 0.29) is 29.1 Å². The van der Waals surface area contributed by atoms with Crippen LogP contribution < -0.4 is 10.1 Å². The first-order valence-electron chi connectivity index (χ1n) is 11.5.